The van der Waals surface area contributed by atoms with Crippen molar-refractivity contribution in [3.63, 3.8) is 0 Å². The average molecular weight is 419 g/mol. The number of amides is 1. The van der Waals surface area contributed by atoms with Gasteiger partial charge in [0.05, 0.1) is 12.8 Å². The predicted octanol–water partition coefficient (Wildman–Crippen LogP) is 4.38. The van der Waals surface area contributed by atoms with Gasteiger partial charge in [0, 0.05) is 4.47 Å². The van der Waals surface area contributed by atoms with Crippen molar-refractivity contribution in [2.24, 2.45) is 5.10 Å². The van der Waals surface area contributed by atoms with Crippen LogP contribution in [0.25, 0.3) is 0 Å². The first-order valence-corrected chi connectivity index (χ1v) is 9.23. The summed E-state index contributed by atoms with van der Waals surface area (Å²) in [7, 11) is 0. The number of rotatable bonds is 8. The lowest BCUT2D eigenvalue weighted by atomic mass is 10.1. The SMILES string of the molecule is CCCOc1ccc(/C=N/NC(=O)COc2c(C)cc(Br)cc2C)cc1. The Morgan fingerprint density at radius 1 is 1.15 bits per heavy atom. The zero-order valence-electron chi connectivity index (χ0n) is 15.2. The molecule has 1 amide bonds. The number of carbonyl (C=O) groups excluding carboxylic acids is 1. The molecule has 6 heteroatoms. The van der Waals surface area contributed by atoms with Crippen molar-refractivity contribution in [2.75, 3.05) is 13.2 Å². The molecule has 138 valence electrons. The van der Waals surface area contributed by atoms with E-state index in [4.69, 9.17) is 9.47 Å². The van der Waals surface area contributed by atoms with Gasteiger partial charge in [-0.2, -0.15) is 5.10 Å². The molecule has 0 aliphatic carbocycles. The van der Waals surface area contributed by atoms with Crippen LogP contribution in [0.3, 0.4) is 0 Å². The number of carbonyl (C=O) groups is 1. The lowest BCUT2D eigenvalue weighted by Crippen LogP contribution is -2.25. The third-order valence-corrected chi connectivity index (χ3v) is 3.99. The molecule has 26 heavy (non-hydrogen) atoms. The van der Waals surface area contributed by atoms with Gasteiger partial charge in [-0.05, 0) is 73.4 Å². The van der Waals surface area contributed by atoms with Gasteiger partial charge in [0.1, 0.15) is 11.5 Å². The van der Waals surface area contributed by atoms with Crippen LogP contribution in [0.15, 0.2) is 46.0 Å². The summed E-state index contributed by atoms with van der Waals surface area (Å²) in [5.41, 5.74) is 5.28. The molecule has 0 aliphatic rings. The van der Waals surface area contributed by atoms with E-state index in [0.717, 1.165) is 39.1 Å². The molecular weight excluding hydrogens is 396 g/mol. The number of ether oxygens (including phenoxy) is 2. The molecule has 2 aromatic carbocycles. The smallest absolute Gasteiger partial charge is 0.277 e. The van der Waals surface area contributed by atoms with E-state index in [1.807, 2.05) is 50.2 Å². The van der Waals surface area contributed by atoms with E-state index in [9.17, 15) is 4.79 Å². The molecule has 0 aliphatic heterocycles. The predicted molar refractivity (Wildman–Crippen MR) is 107 cm³/mol. The average Bonchev–Trinajstić information content (AvgIpc) is 2.60. The second-order valence-electron chi connectivity index (χ2n) is 5.87. The van der Waals surface area contributed by atoms with Crippen molar-refractivity contribution in [1.82, 2.24) is 5.43 Å². The minimum absolute atomic E-state index is 0.0928. The Labute approximate surface area is 162 Å². The van der Waals surface area contributed by atoms with Crippen molar-refractivity contribution in [1.29, 1.82) is 0 Å². The summed E-state index contributed by atoms with van der Waals surface area (Å²) >= 11 is 3.44. The molecule has 0 bridgehead atoms. The number of nitrogens with zero attached hydrogens (tertiary/aromatic N) is 1. The van der Waals surface area contributed by atoms with Gasteiger partial charge in [-0.25, -0.2) is 5.43 Å². The number of hydrazone groups is 1. The Hall–Kier alpha value is -2.34. The zero-order valence-corrected chi connectivity index (χ0v) is 16.8. The highest BCUT2D eigenvalue weighted by Crippen LogP contribution is 2.27. The van der Waals surface area contributed by atoms with E-state index in [1.54, 1.807) is 6.21 Å². The molecule has 0 saturated heterocycles. The van der Waals surface area contributed by atoms with Gasteiger partial charge >= 0.3 is 0 Å². The number of benzene rings is 2. The summed E-state index contributed by atoms with van der Waals surface area (Å²) in [4.78, 5) is 11.9. The van der Waals surface area contributed by atoms with Crippen LogP contribution in [0.2, 0.25) is 0 Å². The molecule has 2 aromatic rings. The van der Waals surface area contributed by atoms with Crippen LogP contribution in [0, 0.1) is 13.8 Å². The number of aryl methyl sites for hydroxylation is 2. The number of halogens is 1. The molecule has 0 fully saturated rings. The van der Waals surface area contributed by atoms with E-state index >= 15 is 0 Å². The molecule has 0 atom stereocenters. The summed E-state index contributed by atoms with van der Waals surface area (Å²) < 4.78 is 12.1. The normalized spacial score (nSPS) is 10.8. The molecule has 0 unspecified atom stereocenters. The van der Waals surface area contributed by atoms with Gasteiger partial charge in [0.2, 0.25) is 0 Å². The summed E-state index contributed by atoms with van der Waals surface area (Å²) in [5, 5.41) is 3.95. The van der Waals surface area contributed by atoms with Crippen LogP contribution in [-0.2, 0) is 4.79 Å². The minimum atomic E-state index is -0.314. The molecule has 0 radical (unpaired) electrons. The number of hydrogen-bond acceptors (Lipinski definition) is 4. The van der Waals surface area contributed by atoms with Crippen LogP contribution in [0.1, 0.15) is 30.0 Å². The molecule has 0 aromatic heterocycles. The van der Waals surface area contributed by atoms with Crippen molar-refractivity contribution in [2.45, 2.75) is 27.2 Å². The van der Waals surface area contributed by atoms with Gasteiger partial charge in [0.15, 0.2) is 6.61 Å². The molecule has 0 heterocycles. The fourth-order valence-electron chi connectivity index (χ4n) is 2.34. The van der Waals surface area contributed by atoms with Gasteiger partial charge in [-0.15, -0.1) is 0 Å². The Morgan fingerprint density at radius 2 is 1.81 bits per heavy atom. The summed E-state index contributed by atoms with van der Waals surface area (Å²) in [6, 6.07) is 11.4. The fourth-order valence-corrected chi connectivity index (χ4v) is 3.03. The first kappa shape index (κ1) is 20.0. The van der Waals surface area contributed by atoms with Gasteiger partial charge in [-0.3, -0.25) is 4.79 Å². The summed E-state index contributed by atoms with van der Waals surface area (Å²) in [6.07, 6.45) is 2.55. The van der Waals surface area contributed by atoms with E-state index in [-0.39, 0.29) is 12.5 Å². The third-order valence-electron chi connectivity index (χ3n) is 3.53. The standard InChI is InChI=1S/C20H23BrN2O3/c1-4-9-25-18-7-5-16(6-8-18)12-22-23-19(24)13-26-20-14(2)10-17(21)11-15(20)3/h5-8,10-12H,4,9,13H2,1-3H3,(H,23,24)/b22-12+. The molecule has 5 nitrogen and oxygen atoms in total. The Morgan fingerprint density at radius 3 is 2.42 bits per heavy atom. The molecule has 1 N–H and O–H groups in total. The van der Waals surface area contributed by atoms with Crippen LogP contribution in [-0.4, -0.2) is 25.3 Å². The van der Waals surface area contributed by atoms with Crippen LogP contribution in [0.4, 0.5) is 0 Å². The Balaban J connectivity index is 1.82. The Kier molecular flexibility index (Phi) is 7.66. The first-order chi connectivity index (χ1) is 12.5. The minimum Gasteiger partial charge on any atom is -0.494 e. The van der Waals surface area contributed by atoms with Crippen molar-refractivity contribution < 1.29 is 14.3 Å². The zero-order chi connectivity index (χ0) is 18.9. The van der Waals surface area contributed by atoms with Crippen LogP contribution >= 0.6 is 15.9 Å². The van der Waals surface area contributed by atoms with Gasteiger partial charge < -0.3 is 9.47 Å². The molecule has 0 spiro atoms. The highest BCUT2D eigenvalue weighted by atomic mass is 79.9. The molecular formula is C20H23BrN2O3. The lowest BCUT2D eigenvalue weighted by Gasteiger charge is -2.11. The monoisotopic (exact) mass is 418 g/mol. The molecule has 2 rings (SSSR count). The first-order valence-electron chi connectivity index (χ1n) is 8.44. The topological polar surface area (TPSA) is 59.9 Å². The second kappa shape index (κ2) is 9.97. The van der Waals surface area contributed by atoms with Crippen molar-refractivity contribution in [3.8, 4) is 11.5 Å². The lowest BCUT2D eigenvalue weighted by molar-refractivity contribution is -0.123. The highest BCUT2D eigenvalue weighted by molar-refractivity contribution is 9.10. The highest BCUT2D eigenvalue weighted by Gasteiger charge is 2.08. The van der Waals surface area contributed by atoms with E-state index in [1.165, 1.54) is 0 Å². The fraction of sp³-hybridized carbons (Fsp3) is 0.300. The Bertz CT molecular complexity index is 750. The maximum atomic E-state index is 11.9. The van der Waals surface area contributed by atoms with Crippen LogP contribution in [0.5, 0.6) is 11.5 Å². The molecule has 0 saturated carbocycles. The van der Waals surface area contributed by atoms with E-state index < -0.39 is 0 Å². The van der Waals surface area contributed by atoms with Gasteiger partial charge in [0.25, 0.3) is 5.91 Å². The number of hydrogen-bond donors (Lipinski definition) is 1. The summed E-state index contributed by atoms with van der Waals surface area (Å²) in [5.74, 6) is 1.22. The largest absolute Gasteiger partial charge is 0.494 e. The number of nitrogens with one attached hydrogen (secondary N) is 1. The van der Waals surface area contributed by atoms with E-state index in [2.05, 4.69) is 33.4 Å². The second-order valence-corrected chi connectivity index (χ2v) is 6.78. The summed E-state index contributed by atoms with van der Waals surface area (Å²) in [6.45, 7) is 6.55. The quantitative estimate of drug-likeness (QED) is 0.510. The third kappa shape index (κ3) is 6.19. The van der Waals surface area contributed by atoms with Gasteiger partial charge in [-0.1, -0.05) is 22.9 Å². The van der Waals surface area contributed by atoms with Crippen molar-refractivity contribution in [3.05, 3.63) is 57.6 Å². The van der Waals surface area contributed by atoms with Crippen molar-refractivity contribution >= 4 is 28.1 Å². The maximum Gasteiger partial charge on any atom is 0.277 e. The van der Waals surface area contributed by atoms with Crippen LogP contribution < -0.4 is 14.9 Å². The van der Waals surface area contributed by atoms with E-state index in [0.29, 0.717) is 6.61 Å². The maximum absolute atomic E-state index is 11.9.